The lowest BCUT2D eigenvalue weighted by Gasteiger charge is -2.28. The van der Waals surface area contributed by atoms with Gasteiger partial charge in [-0.1, -0.05) is 13.3 Å². The van der Waals surface area contributed by atoms with E-state index in [9.17, 15) is 4.79 Å². The van der Waals surface area contributed by atoms with Crippen LogP contribution in [0.3, 0.4) is 0 Å². The lowest BCUT2D eigenvalue weighted by molar-refractivity contribution is 0.0696. The Morgan fingerprint density at radius 1 is 1.19 bits per heavy atom. The highest BCUT2D eigenvalue weighted by Gasteiger charge is 2.22. The van der Waals surface area contributed by atoms with E-state index in [0.717, 1.165) is 18.8 Å². The second kappa shape index (κ2) is 7.34. The van der Waals surface area contributed by atoms with Gasteiger partial charge >= 0.3 is 5.97 Å². The molecule has 1 aliphatic carbocycles. The van der Waals surface area contributed by atoms with Crippen LogP contribution in [0, 0.1) is 5.92 Å². The van der Waals surface area contributed by atoms with Crippen molar-refractivity contribution in [3.8, 4) is 11.5 Å². The summed E-state index contributed by atoms with van der Waals surface area (Å²) in [5.41, 5.74) is 0.223. The first-order chi connectivity index (χ1) is 10.1. The highest BCUT2D eigenvalue weighted by atomic mass is 16.5. The lowest BCUT2D eigenvalue weighted by atomic mass is 9.86. The van der Waals surface area contributed by atoms with E-state index in [2.05, 4.69) is 6.92 Å². The highest BCUT2D eigenvalue weighted by molar-refractivity contribution is 5.88. The predicted molar refractivity (Wildman–Crippen MR) is 81.2 cm³/mol. The zero-order valence-corrected chi connectivity index (χ0v) is 12.8. The van der Waals surface area contributed by atoms with E-state index < -0.39 is 5.97 Å². The van der Waals surface area contributed by atoms with E-state index in [1.165, 1.54) is 19.3 Å². The molecule has 1 fully saturated rings. The fourth-order valence-electron chi connectivity index (χ4n) is 2.84. The fourth-order valence-corrected chi connectivity index (χ4v) is 2.84. The summed E-state index contributed by atoms with van der Waals surface area (Å²) in [6.07, 6.45) is 5.99. The number of rotatable bonds is 6. The van der Waals surface area contributed by atoms with Gasteiger partial charge in [-0.3, -0.25) is 0 Å². The average Bonchev–Trinajstić information content (AvgIpc) is 2.50. The first-order valence-electron chi connectivity index (χ1n) is 7.80. The molecule has 0 aliphatic heterocycles. The molecule has 21 heavy (non-hydrogen) atoms. The molecule has 1 aromatic rings. The maximum absolute atomic E-state index is 11.0. The molecule has 0 amide bonds. The standard InChI is InChI=1S/C17H24O4/c1-3-12-5-8-14(9-6-12)21-15-10-7-13(17(18)19)11-16(15)20-4-2/h7,10-12,14H,3-6,8-9H2,1-2H3,(H,18,19). The van der Waals surface area contributed by atoms with Crippen LogP contribution < -0.4 is 9.47 Å². The molecule has 1 saturated carbocycles. The molecule has 0 saturated heterocycles. The Kier molecular flexibility index (Phi) is 5.48. The lowest BCUT2D eigenvalue weighted by Crippen LogP contribution is -2.24. The van der Waals surface area contributed by atoms with Crippen molar-refractivity contribution in [1.29, 1.82) is 0 Å². The molecular formula is C17H24O4. The van der Waals surface area contributed by atoms with Crippen LogP contribution in [0.15, 0.2) is 18.2 Å². The third-order valence-corrected chi connectivity index (χ3v) is 4.16. The van der Waals surface area contributed by atoms with Crippen molar-refractivity contribution < 1.29 is 19.4 Å². The Labute approximate surface area is 126 Å². The maximum Gasteiger partial charge on any atom is 0.335 e. The molecule has 1 N–H and O–H groups in total. The molecule has 0 radical (unpaired) electrons. The Balaban J connectivity index is 2.06. The van der Waals surface area contributed by atoms with Gasteiger partial charge in [0, 0.05) is 0 Å². The van der Waals surface area contributed by atoms with Gasteiger partial charge in [-0.15, -0.1) is 0 Å². The number of carboxylic acids is 1. The van der Waals surface area contributed by atoms with Crippen LogP contribution in [-0.4, -0.2) is 23.8 Å². The minimum Gasteiger partial charge on any atom is -0.490 e. The summed E-state index contributed by atoms with van der Waals surface area (Å²) in [4.78, 5) is 11.0. The van der Waals surface area contributed by atoms with Gasteiger partial charge in [-0.05, 0) is 56.7 Å². The van der Waals surface area contributed by atoms with E-state index in [-0.39, 0.29) is 11.7 Å². The van der Waals surface area contributed by atoms with Crippen LogP contribution in [0.5, 0.6) is 11.5 Å². The number of carbonyl (C=O) groups is 1. The van der Waals surface area contributed by atoms with E-state index in [1.54, 1.807) is 18.2 Å². The van der Waals surface area contributed by atoms with Crippen molar-refractivity contribution in [2.45, 2.75) is 52.1 Å². The maximum atomic E-state index is 11.0. The summed E-state index contributed by atoms with van der Waals surface area (Å²) in [5.74, 6) is 1.05. The second-order valence-corrected chi connectivity index (χ2v) is 5.57. The quantitative estimate of drug-likeness (QED) is 0.856. The summed E-state index contributed by atoms with van der Waals surface area (Å²) < 4.78 is 11.6. The van der Waals surface area contributed by atoms with E-state index >= 15 is 0 Å². The van der Waals surface area contributed by atoms with Gasteiger partial charge in [-0.25, -0.2) is 4.79 Å². The normalized spacial score (nSPS) is 21.8. The molecule has 1 aliphatic rings. The van der Waals surface area contributed by atoms with Gasteiger partial charge in [0.15, 0.2) is 11.5 Å². The third-order valence-electron chi connectivity index (χ3n) is 4.16. The van der Waals surface area contributed by atoms with Gasteiger partial charge in [0.2, 0.25) is 0 Å². The van der Waals surface area contributed by atoms with Gasteiger partial charge in [-0.2, -0.15) is 0 Å². The smallest absolute Gasteiger partial charge is 0.335 e. The van der Waals surface area contributed by atoms with E-state index in [0.29, 0.717) is 18.1 Å². The molecule has 0 atom stereocenters. The first kappa shape index (κ1) is 15.7. The van der Waals surface area contributed by atoms with E-state index in [4.69, 9.17) is 14.6 Å². The summed E-state index contributed by atoms with van der Waals surface area (Å²) in [5, 5.41) is 9.05. The molecule has 1 aromatic carbocycles. The minimum atomic E-state index is -0.953. The fraction of sp³-hybridized carbons (Fsp3) is 0.588. The second-order valence-electron chi connectivity index (χ2n) is 5.57. The molecule has 0 bridgehead atoms. The predicted octanol–water partition coefficient (Wildman–Crippen LogP) is 4.13. The Morgan fingerprint density at radius 2 is 1.90 bits per heavy atom. The van der Waals surface area contributed by atoms with Crippen molar-refractivity contribution in [1.82, 2.24) is 0 Å². The van der Waals surface area contributed by atoms with Crippen molar-refractivity contribution in [2.24, 2.45) is 5.92 Å². The SMILES string of the molecule is CCOc1cc(C(=O)O)ccc1OC1CCC(CC)CC1. The average molecular weight is 292 g/mol. The molecule has 116 valence electrons. The molecule has 0 unspecified atom stereocenters. The molecular weight excluding hydrogens is 268 g/mol. The molecule has 0 heterocycles. The molecule has 0 aromatic heterocycles. The molecule has 2 rings (SSSR count). The van der Waals surface area contributed by atoms with E-state index in [1.807, 2.05) is 6.92 Å². The highest BCUT2D eigenvalue weighted by Crippen LogP contribution is 2.34. The number of ether oxygens (including phenoxy) is 2. The zero-order chi connectivity index (χ0) is 15.2. The molecule has 4 nitrogen and oxygen atoms in total. The Hall–Kier alpha value is -1.71. The molecule has 0 spiro atoms. The van der Waals surface area contributed by atoms with Gasteiger partial charge < -0.3 is 14.6 Å². The van der Waals surface area contributed by atoms with Crippen molar-refractivity contribution >= 4 is 5.97 Å². The number of hydrogen-bond acceptors (Lipinski definition) is 3. The van der Waals surface area contributed by atoms with Crippen LogP contribution in [0.4, 0.5) is 0 Å². The van der Waals surface area contributed by atoms with Crippen molar-refractivity contribution in [3.63, 3.8) is 0 Å². The first-order valence-corrected chi connectivity index (χ1v) is 7.80. The van der Waals surface area contributed by atoms with Gasteiger partial charge in [0.25, 0.3) is 0 Å². The Bertz CT molecular complexity index is 476. The van der Waals surface area contributed by atoms with Crippen LogP contribution in [0.1, 0.15) is 56.3 Å². The zero-order valence-electron chi connectivity index (χ0n) is 12.8. The van der Waals surface area contributed by atoms with Crippen molar-refractivity contribution in [2.75, 3.05) is 6.61 Å². The third kappa shape index (κ3) is 4.13. The van der Waals surface area contributed by atoms with Gasteiger partial charge in [0.05, 0.1) is 18.3 Å². The summed E-state index contributed by atoms with van der Waals surface area (Å²) in [6, 6.07) is 4.82. The van der Waals surface area contributed by atoms with Crippen LogP contribution in [0.2, 0.25) is 0 Å². The number of hydrogen-bond donors (Lipinski definition) is 1. The summed E-state index contributed by atoms with van der Waals surface area (Å²) in [6.45, 7) is 4.61. The monoisotopic (exact) mass is 292 g/mol. The number of benzene rings is 1. The van der Waals surface area contributed by atoms with Crippen LogP contribution in [0.25, 0.3) is 0 Å². The minimum absolute atomic E-state index is 0.211. The Morgan fingerprint density at radius 3 is 2.48 bits per heavy atom. The van der Waals surface area contributed by atoms with Crippen LogP contribution >= 0.6 is 0 Å². The van der Waals surface area contributed by atoms with Crippen molar-refractivity contribution in [3.05, 3.63) is 23.8 Å². The van der Waals surface area contributed by atoms with Gasteiger partial charge in [0.1, 0.15) is 0 Å². The number of aromatic carboxylic acids is 1. The summed E-state index contributed by atoms with van der Waals surface area (Å²) in [7, 11) is 0. The molecule has 4 heteroatoms. The topological polar surface area (TPSA) is 55.8 Å². The summed E-state index contributed by atoms with van der Waals surface area (Å²) >= 11 is 0. The number of carboxylic acid groups (broad SMARTS) is 1. The van der Waals surface area contributed by atoms with Crippen LogP contribution in [-0.2, 0) is 0 Å². The largest absolute Gasteiger partial charge is 0.490 e.